The number of methoxy groups -OCH3 is 1. The van der Waals surface area contributed by atoms with E-state index in [1.807, 2.05) is 72.5 Å². The van der Waals surface area contributed by atoms with Crippen LogP contribution in [0, 0.1) is 6.92 Å². The normalized spacial score (nSPS) is 15.2. The van der Waals surface area contributed by atoms with Crippen molar-refractivity contribution < 1.29 is 23.7 Å². The van der Waals surface area contributed by atoms with Gasteiger partial charge in [0, 0.05) is 44.4 Å². The Morgan fingerprint density at radius 1 is 0.946 bits per heavy atom. The number of piperazine rings is 1. The van der Waals surface area contributed by atoms with Crippen LogP contribution < -0.4 is 18.9 Å². The van der Waals surface area contributed by atoms with E-state index in [1.165, 1.54) is 5.56 Å². The van der Waals surface area contributed by atoms with Crippen LogP contribution in [0.4, 0.5) is 0 Å². The van der Waals surface area contributed by atoms with E-state index in [0.29, 0.717) is 19.7 Å². The highest BCUT2D eigenvalue weighted by Crippen LogP contribution is 2.33. The molecule has 192 valence electrons. The summed E-state index contributed by atoms with van der Waals surface area (Å²) in [7, 11) is 1.65. The number of benzene rings is 3. The van der Waals surface area contributed by atoms with Crippen molar-refractivity contribution in [1.29, 1.82) is 0 Å². The third-order valence-electron chi connectivity index (χ3n) is 6.73. The maximum Gasteiger partial charge on any atom is 0.246 e. The predicted octanol–water partition coefficient (Wildman–Crippen LogP) is 4.67. The van der Waals surface area contributed by atoms with Gasteiger partial charge in [-0.2, -0.15) is 0 Å². The molecule has 0 unspecified atom stereocenters. The molecule has 37 heavy (non-hydrogen) atoms. The number of carbonyl (C=O) groups is 1. The van der Waals surface area contributed by atoms with Crippen molar-refractivity contribution in [3.63, 3.8) is 0 Å². The lowest BCUT2D eigenvalue weighted by molar-refractivity contribution is -0.127. The lowest BCUT2D eigenvalue weighted by Gasteiger charge is -2.34. The molecule has 0 atom stereocenters. The van der Waals surface area contributed by atoms with E-state index in [2.05, 4.69) is 11.0 Å². The Balaban J connectivity index is 1.15. The molecule has 0 bridgehead atoms. The maximum atomic E-state index is 12.9. The SMILES string of the molecule is COc1ccc(/C=C/C(=O)N2CCN(Cc3ccc4c(c3)OCO4)CC2)cc1COc1ccccc1C. The van der Waals surface area contributed by atoms with Crippen LogP contribution in [0.2, 0.25) is 0 Å². The average molecular weight is 501 g/mol. The second kappa shape index (κ2) is 11.4. The summed E-state index contributed by atoms with van der Waals surface area (Å²) in [6.45, 7) is 6.58. The third-order valence-corrected chi connectivity index (χ3v) is 6.73. The van der Waals surface area contributed by atoms with Crippen LogP contribution in [0.25, 0.3) is 6.08 Å². The number of rotatable bonds is 8. The minimum atomic E-state index is 0.0243. The Morgan fingerprint density at radius 3 is 2.57 bits per heavy atom. The van der Waals surface area contributed by atoms with Gasteiger partial charge in [0.1, 0.15) is 18.1 Å². The standard InChI is InChI=1S/C30H32N2O5/c1-22-5-3-4-6-26(22)35-20-25-17-23(7-10-27(25)34-2)9-12-30(33)32-15-13-31(14-16-32)19-24-8-11-28-29(18-24)37-21-36-28/h3-12,17-18H,13-16,19-21H2,1-2H3/b12-9+. The van der Waals surface area contributed by atoms with Crippen molar-refractivity contribution in [2.24, 2.45) is 0 Å². The first-order valence-electron chi connectivity index (χ1n) is 12.5. The van der Waals surface area contributed by atoms with Gasteiger partial charge in [0.15, 0.2) is 11.5 Å². The number of amides is 1. The van der Waals surface area contributed by atoms with Gasteiger partial charge in [-0.1, -0.05) is 30.3 Å². The lowest BCUT2D eigenvalue weighted by atomic mass is 10.1. The predicted molar refractivity (Wildman–Crippen MR) is 142 cm³/mol. The number of nitrogens with zero attached hydrogens (tertiary/aromatic N) is 2. The van der Waals surface area contributed by atoms with Gasteiger partial charge in [-0.3, -0.25) is 9.69 Å². The fourth-order valence-corrected chi connectivity index (χ4v) is 4.59. The summed E-state index contributed by atoms with van der Waals surface area (Å²) >= 11 is 0. The van der Waals surface area contributed by atoms with Crippen molar-refractivity contribution in [1.82, 2.24) is 9.80 Å². The van der Waals surface area contributed by atoms with E-state index >= 15 is 0 Å². The topological polar surface area (TPSA) is 60.5 Å². The van der Waals surface area contributed by atoms with Crippen LogP contribution in [0.5, 0.6) is 23.0 Å². The van der Waals surface area contributed by atoms with Gasteiger partial charge < -0.3 is 23.8 Å². The first kappa shape index (κ1) is 24.7. The minimum Gasteiger partial charge on any atom is -0.496 e. The van der Waals surface area contributed by atoms with Crippen LogP contribution in [0.15, 0.2) is 66.7 Å². The summed E-state index contributed by atoms with van der Waals surface area (Å²) in [4.78, 5) is 17.1. The Hall–Kier alpha value is -3.97. The maximum absolute atomic E-state index is 12.9. The molecule has 5 rings (SSSR count). The van der Waals surface area contributed by atoms with Crippen LogP contribution in [0.3, 0.4) is 0 Å². The van der Waals surface area contributed by atoms with Crippen molar-refractivity contribution in [3.05, 3.63) is 89.0 Å². The lowest BCUT2D eigenvalue weighted by Crippen LogP contribution is -2.47. The van der Waals surface area contributed by atoms with E-state index in [-0.39, 0.29) is 12.7 Å². The van der Waals surface area contributed by atoms with Gasteiger partial charge in [-0.15, -0.1) is 0 Å². The quantitative estimate of drug-likeness (QED) is 0.419. The van der Waals surface area contributed by atoms with E-state index in [4.69, 9.17) is 18.9 Å². The molecule has 1 fully saturated rings. The van der Waals surface area contributed by atoms with Gasteiger partial charge in [0.05, 0.1) is 7.11 Å². The van der Waals surface area contributed by atoms with Crippen molar-refractivity contribution in [2.75, 3.05) is 40.1 Å². The molecule has 3 aromatic rings. The Kier molecular flexibility index (Phi) is 7.61. The molecule has 2 aliphatic rings. The fraction of sp³-hybridized carbons (Fsp3) is 0.300. The number of aryl methyl sites for hydroxylation is 1. The molecule has 0 spiro atoms. The fourth-order valence-electron chi connectivity index (χ4n) is 4.59. The van der Waals surface area contributed by atoms with Gasteiger partial charge >= 0.3 is 0 Å². The van der Waals surface area contributed by atoms with Crippen LogP contribution in [-0.4, -0.2) is 55.8 Å². The summed E-state index contributed by atoms with van der Waals surface area (Å²) in [5, 5.41) is 0. The monoisotopic (exact) mass is 500 g/mol. The molecule has 1 saturated heterocycles. The molecule has 7 nitrogen and oxygen atoms in total. The van der Waals surface area contributed by atoms with Gasteiger partial charge in [0.25, 0.3) is 0 Å². The molecule has 3 aromatic carbocycles. The second-order valence-electron chi connectivity index (χ2n) is 9.25. The largest absolute Gasteiger partial charge is 0.496 e. The van der Waals surface area contributed by atoms with Gasteiger partial charge in [0.2, 0.25) is 12.7 Å². The molecule has 0 aliphatic carbocycles. The Bertz CT molecular complexity index is 1280. The zero-order valence-electron chi connectivity index (χ0n) is 21.3. The molecule has 0 aromatic heterocycles. The first-order valence-corrected chi connectivity index (χ1v) is 12.5. The number of carbonyl (C=O) groups excluding carboxylic acids is 1. The third kappa shape index (κ3) is 6.06. The zero-order chi connectivity index (χ0) is 25.6. The summed E-state index contributed by atoms with van der Waals surface area (Å²) in [5.41, 5.74) is 4.13. The first-order chi connectivity index (χ1) is 18.1. The van der Waals surface area contributed by atoms with Crippen LogP contribution in [0.1, 0.15) is 22.3 Å². The smallest absolute Gasteiger partial charge is 0.246 e. The number of hydrogen-bond acceptors (Lipinski definition) is 6. The molecule has 0 radical (unpaired) electrons. The number of fused-ring (bicyclic) bond motifs is 1. The molecule has 1 amide bonds. The van der Waals surface area contributed by atoms with Crippen molar-refractivity contribution in [3.8, 4) is 23.0 Å². The van der Waals surface area contributed by atoms with Gasteiger partial charge in [-0.25, -0.2) is 0 Å². The van der Waals surface area contributed by atoms with E-state index in [9.17, 15) is 4.79 Å². The highest BCUT2D eigenvalue weighted by molar-refractivity contribution is 5.91. The van der Waals surface area contributed by atoms with Crippen LogP contribution in [-0.2, 0) is 17.9 Å². The minimum absolute atomic E-state index is 0.0243. The Morgan fingerprint density at radius 2 is 1.76 bits per heavy atom. The zero-order valence-corrected chi connectivity index (χ0v) is 21.3. The summed E-state index contributed by atoms with van der Waals surface area (Å²) in [5.74, 6) is 3.24. The molecule has 2 aliphatic heterocycles. The second-order valence-corrected chi connectivity index (χ2v) is 9.25. The average Bonchev–Trinajstić information content (AvgIpc) is 3.40. The van der Waals surface area contributed by atoms with E-state index in [1.54, 1.807) is 13.2 Å². The molecule has 0 saturated carbocycles. The number of ether oxygens (including phenoxy) is 4. The highest BCUT2D eigenvalue weighted by Gasteiger charge is 2.21. The van der Waals surface area contributed by atoms with E-state index < -0.39 is 0 Å². The van der Waals surface area contributed by atoms with Crippen LogP contribution >= 0.6 is 0 Å². The molecule has 0 N–H and O–H groups in total. The Labute approximate surface area is 217 Å². The summed E-state index contributed by atoms with van der Waals surface area (Å²) < 4.78 is 22.4. The van der Waals surface area contributed by atoms with E-state index in [0.717, 1.165) is 59.3 Å². The van der Waals surface area contributed by atoms with Crippen molar-refractivity contribution >= 4 is 12.0 Å². The van der Waals surface area contributed by atoms with Crippen molar-refractivity contribution in [2.45, 2.75) is 20.1 Å². The number of hydrogen-bond donors (Lipinski definition) is 0. The molecular weight excluding hydrogens is 468 g/mol. The molecular formula is C30H32N2O5. The highest BCUT2D eigenvalue weighted by atomic mass is 16.7. The molecule has 2 heterocycles. The summed E-state index contributed by atoms with van der Waals surface area (Å²) in [6.07, 6.45) is 3.51. The summed E-state index contributed by atoms with van der Waals surface area (Å²) in [6, 6.07) is 19.9. The molecule has 7 heteroatoms. The van der Waals surface area contributed by atoms with Gasteiger partial charge in [-0.05, 0) is 60.0 Å². The number of para-hydroxylation sites is 1.